The number of carbonyl (C=O) groups excluding carboxylic acids is 1. The number of halogens is 4. The first-order valence-electron chi connectivity index (χ1n) is 7.08. The minimum absolute atomic E-state index is 0.157. The van der Waals surface area contributed by atoms with E-state index in [1.807, 2.05) is 0 Å². The number of carbonyl (C=O) groups is 1. The van der Waals surface area contributed by atoms with E-state index in [0.29, 0.717) is 16.4 Å². The van der Waals surface area contributed by atoms with Gasteiger partial charge in [0.25, 0.3) is 0 Å². The van der Waals surface area contributed by atoms with Gasteiger partial charge in [0.15, 0.2) is 0 Å². The molecule has 25 heavy (non-hydrogen) atoms. The molecule has 2 aromatic carbocycles. The average molecular weight is 405 g/mol. The summed E-state index contributed by atoms with van der Waals surface area (Å²) in [6.45, 7) is 1.82. The van der Waals surface area contributed by atoms with Crippen molar-refractivity contribution in [2.75, 3.05) is 12.0 Å². The van der Waals surface area contributed by atoms with E-state index in [9.17, 15) is 9.18 Å². The third-order valence-electron chi connectivity index (χ3n) is 2.85. The van der Waals surface area contributed by atoms with Crippen molar-refractivity contribution in [3.8, 4) is 0 Å². The van der Waals surface area contributed by atoms with E-state index in [1.54, 1.807) is 6.92 Å². The van der Waals surface area contributed by atoms with Crippen LogP contribution in [0.3, 0.4) is 0 Å². The van der Waals surface area contributed by atoms with E-state index in [-0.39, 0.29) is 22.5 Å². The molecule has 0 heterocycles. The van der Waals surface area contributed by atoms with Crippen molar-refractivity contribution < 1.29 is 13.9 Å². The Morgan fingerprint density at radius 1 is 1.16 bits per heavy atom. The number of rotatable bonds is 4. The van der Waals surface area contributed by atoms with Crippen molar-refractivity contribution in [2.24, 2.45) is 4.99 Å². The lowest BCUT2D eigenvalue weighted by Crippen LogP contribution is -2.37. The first kappa shape index (κ1) is 19.3. The zero-order valence-corrected chi connectivity index (χ0v) is 15.2. The van der Waals surface area contributed by atoms with Crippen LogP contribution in [0.4, 0.5) is 15.8 Å². The van der Waals surface area contributed by atoms with Crippen molar-refractivity contribution in [1.82, 2.24) is 5.43 Å². The summed E-state index contributed by atoms with van der Waals surface area (Å²) in [5.74, 6) is -1.28. The van der Waals surface area contributed by atoms with Gasteiger partial charge < -0.3 is 4.74 Å². The van der Waals surface area contributed by atoms with Crippen LogP contribution in [-0.4, -0.2) is 18.4 Å². The van der Waals surface area contributed by atoms with Crippen LogP contribution < -0.4 is 10.9 Å². The van der Waals surface area contributed by atoms with Gasteiger partial charge in [-0.25, -0.2) is 14.2 Å². The Kier molecular flexibility index (Phi) is 6.87. The Labute approximate surface area is 158 Å². The lowest BCUT2D eigenvalue weighted by molar-refractivity contribution is -0.135. The Balaban J connectivity index is 2.25. The Morgan fingerprint density at radius 3 is 2.32 bits per heavy atom. The summed E-state index contributed by atoms with van der Waals surface area (Å²) in [5.41, 5.74) is 5.97. The van der Waals surface area contributed by atoms with Crippen molar-refractivity contribution in [3.63, 3.8) is 0 Å². The van der Waals surface area contributed by atoms with Crippen LogP contribution in [0.25, 0.3) is 0 Å². The van der Waals surface area contributed by atoms with Gasteiger partial charge >= 0.3 is 5.97 Å². The van der Waals surface area contributed by atoms with E-state index in [0.717, 1.165) is 0 Å². The van der Waals surface area contributed by atoms with Crippen LogP contribution in [0.1, 0.15) is 6.92 Å². The lowest BCUT2D eigenvalue weighted by atomic mass is 10.3. The van der Waals surface area contributed by atoms with Crippen LogP contribution in [0, 0.1) is 5.82 Å². The van der Waals surface area contributed by atoms with Crippen LogP contribution in [0.5, 0.6) is 0 Å². The summed E-state index contributed by atoms with van der Waals surface area (Å²) in [4.78, 5) is 16.1. The fraction of sp³-hybridized carbons (Fsp3) is 0.125. The van der Waals surface area contributed by atoms with Crippen molar-refractivity contribution in [3.05, 3.63) is 57.3 Å². The smallest absolute Gasteiger partial charge is 0.375 e. The normalized spacial score (nSPS) is 11.2. The highest BCUT2D eigenvalue weighted by Gasteiger charge is 2.15. The molecule has 0 aliphatic rings. The molecule has 9 heteroatoms. The van der Waals surface area contributed by atoms with E-state index >= 15 is 0 Å². The molecule has 0 aromatic heterocycles. The van der Waals surface area contributed by atoms with Gasteiger partial charge in [-0.1, -0.05) is 34.8 Å². The van der Waals surface area contributed by atoms with E-state index < -0.39 is 11.8 Å². The molecule has 0 saturated carbocycles. The third kappa shape index (κ3) is 5.49. The predicted octanol–water partition coefficient (Wildman–Crippen LogP) is 5.00. The first-order chi connectivity index (χ1) is 11.9. The number of amidine groups is 1. The van der Waals surface area contributed by atoms with Gasteiger partial charge in [-0.05, 0) is 43.3 Å². The predicted molar refractivity (Wildman–Crippen MR) is 98.4 cm³/mol. The van der Waals surface area contributed by atoms with Crippen LogP contribution >= 0.6 is 34.8 Å². The largest absolute Gasteiger partial charge is 0.460 e. The number of aliphatic imine (C=N–C) groups is 1. The number of hydrogen-bond acceptors (Lipinski definition) is 4. The molecule has 0 fully saturated rings. The number of anilines is 1. The monoisotopic (exact) mass is 403 g/mol. The minimum atomic E-state index is -0.708. The summed E-state index contributed by atoms with van der Waals surface area (Å²) >= 11 is 18.0. The number of nitrogens with one attached hydrogen (secondary N) is 2. The molecule has 2 rings (SSSR count). The summed E-state index contributed by atoms with van der Waals surface area (Å²) < 4.78 is 17.9. The van der Waals surface area contributed by atoms with Gasteiger partial charge in [0.05, 0.1) is 28.0 Å². The highest BCUT2D eigenvalue weighted by molar-refractivity contribution is 6.42. The molecule has 0 atom stereocenters. The van der Waals surface area contributed by atoms with Crippen molar-refractivity contribution in [2.45, 2.75) is 6.92 Å². The number of nitrogens with zero attached hydrogens (tertiary/aromatic N) is 1. The molecule has 0 spiro atoms. The van der Waals surface area contributed by atoms with Gasteiger partial charge in [-0.2, -0.15) is 0 Å². The maximum atomic E-state index is 13.0. The van der Waals surface area contributed by atoms with Crippen LogP contribution in [0.2, 0.25) is 15.1 Å². The number of hydrazine groups is 1. The number of ether oxygens (including phenoxy) is 1. The van der Waals surface area contributed by atoms with Crippen LogP contribution in [-0.2, 0) is 9.53 Å². The molecule has 2 N–H and O–H groups in total. The highest BCUT2D eigenvalue weighted by Crippen LogP contribution is 2.33. The van der Waals surface area contributed by atoms with Crippen molar-refractivity contribution >= 4 is 58.0 Å². The standard InChI is InChI=1S/C16H13Cl3FN3O2/c1-2-25-16(24)15(21-11-5-3-10(20)4-6-11)23-22-14-12(18)7-9(17)8-13(14)19/h3-8,22H,2H2,1H3,(H,21,23). The van der Waals surface area contributed by atoms with E-state index in [2.05, 4.69) is 15.8 Å². The fourth-order valence-corrected chi connectivity index (χ4v) is 2.66. The minimum Gasteiger partial charge on any atom is -0.460 e. The maximum absolute atomic E-state index is 13.0. The molecule has 0 bridgehead atoms. The van der Waals surface area contributed by atoms with Gasteiger partial charge in [-0.15, -0.1) is 0 Å². The molecule has 0 amide bonds. The SMILES string of the molecule is CCOC(=O)C(=Nc1ccc(F)cc1)NNc1c(Cl)cc(Cl)cc1Cl. The summed E-state index contributed by atoms with van der Waals surface area (Å²) in [6.07, 6.45) is 0. The van der Waals surface area contributed by atoms with Gasteiger partial charge in [0.2, 0.25) is 5.84 Å². The van der Waals surface area contributed by atoms with Gasteiger partial charge in [-0.3, -0.25) is 10.9 Å². The second kappa shape index (κ2) is 8.89. The summed E-state index contributed by atoms with van der Waals surface area (Å²) in [5, 5.41) is 0.858. The highest BCUT2D eigenvalue weighted by atomic mass is 35.5. The first-order valence-corrected chi connectivity index (χ1v) is 8.22. The molecule has 2 aromatic rings. The molecule has 132 valence electrons. The number of benzene rings is 2. The van der Waals surface area contributed by atoms with E-state index in [1.165, 1.54) is 36.4 Å². The maximum Gasteiger partial charge on any atom is 0.375 e. The molecular formula is C16H13Cl3FN3O2. The average Bonchev–Trinajstić information content (AvgIpc) is 2.54. The zero-order valence-electron chi connectivity index (χ0n) is 12.9. The topological polar surface area (TPSA) is 62.7 Å². The van der Waals surface area contributed by atoms with Crippen LogP contribution in [0.15, 0.2) is 41.4 Å². The second-order valence-corrected chi connectivity index (χ2v) is 5.90. The summed E-state index contributed by atoms with van der Waals surface area (Å²) in [6, 6.07) is 8.25. The number of hydrogen-bond donors (Lipinski definition) is 2. The quantitative estimate of drug-likeness (QED) is 0.326. The van der Waals surface area contributed by atoms with E-state index in [4.69, 9.17) is 39.5 Å². The molecule has 0 saturated heterocycles. The molecule has 0 unspecified atom stereocenters. The third-order valence-corrected chi connectivity index (χ3v) is 3.66. The second-order valence-electron chi connectivity index (χ2n) is 4.65. The van der Waals surface area contributed by atoms with Gasteiger partial charge in [0.1, 0.15) is 5.82 Å². The molecule has 5 nitrogen and oxygen atoms in total. The molecule has 0 aliphatic carbocycles. The number of esters is 1. The molecule has 0 aliphatic heterocycles. The van der Waals surface area contributed by atoms with Gasteiger partial charge in [0, 0.05) is 5.02 Å². The van der Waals surface area contributed by atoms with Crippen molar-refractivity contribution in [1.29, 1.82) is 0 Å². The molecule has 0 radical (unpaired) electrons. The Hall–Kier alpha value is -2.02. The molecular weight excluding hydrogens is 392 g/mol. The fourth-order valence-electron chi connectivity index (χ4n) is 1.75. The Morgan fingerprint density at radius 2 is 1.76 bits per heavy atom. The zero-order chi connectivity index (χ0) is 18.4. The lowest BCUT2D eigenvalue weighted by Gasteiger charge is -2.14. The Bertz CT molecular complexity index is 775. The summed E-state index contributed by atoms with van der Waals surface area (Å²) in [7, 11) is 0.